The first-order valence-electron chi connectivity index (χ1n) is 8.47. The average molecular weight is 384 g/mol. The Morgan fingerprint density at radius 2 is 1.86 bits per heavy atom. The van der Waals surface area contributed by atoms with Crippen LogP contribution in [-0.2, 0) is 9.53 Å². The summed E-state index contributed by atoms with van der Waals surface area (Å²) in [6.45, 7) is 1.58. The normalized spacial score (nSPS) is 13.9. The SMILES string of the molecule is COCC(=O)Oc1cc(C)c2c(c1)O/C(=C\c1cc(OC)ccc1OC)C2=O. The number of methoxy groups -OCH3 is 3. The number of hydrogen-bond acceptors (Lipinski definition) is 7. The molecule has 1 heterocycles. The van der Waals surface area contributed by atoms with E-state index in [4.69, 9.17) is 23.7 Å². The molecule has 0 aliphatic carbocycles. The number of carbonyl (C=O) groups is 2. The van der Waals surface area contributed by atoms with Gasteiger partial charge in [-0.2, -0.15) is 0 Å². The van der Waals surface area contributed by atoms with Crippen LogP contribution in [0.25, 0.3) is 6.08 Å². The summed E-state index contributed by atoms with van der Waals surface area (Å²) in [4.78, 5) is 24.5. The number of ether oxygens (including phenoxy) is 5. The second-order valence-electron chi connectivity index (χ2n) is 6.07. The third kappa shape index (κ3) is 3.84. The lowest BCUT2D eigenvalue weighted by molar-refractivity contribution is -0.138. The van der Waals surface area contributed by atoms with Crippen molar-refractivity contribution in [3.63, 3.8) is 0 Å². The van der Waals surface area contributed by atoms with Gasteiger partial charge >= 0.3 is 5.97 Å². The molecule has 0 N–H and O–H groups in total. The van der Waals surface area contributed by atoms with Crippen molar-refractivity contribution in [2.24, 2.45) is 0 Å². The van der Waals surface area contributed by atoms with Crippen molar-refractivity contribution in [3.8, 4) is 23.0 Å². The first-order valence-corrected chi connectivity index (χ1v) is 8.47. The van der Waals surface area contributed by atoms with Crippen LogP contribution in [0.15, 0.2) is 36.1 Å². The molecule has 0 aromatic heterocycles. The molecule has 0 radical (unpaired) electrons. The summed E-state index contributed by atoms with van der Waals surface area (Å²) in [6, 6.07) is 8.38. The predicted molar refractivity (Wildman–Crippen MR) is 101 cm³/mol. The second kappa shape index (κ2) is 8.14. The fourth-order valence-electron chi connectivity index (χ4n) is 2.91. The highest BCUT2D eigenvalue weighted by Crippen LogP contribution is 2.38. The molecule has 0 unspecified atom stereocenters. The largest absolute Gasteiger partial charge is 0.497 e. The molecule has 2 aromatic rings. The summed E-state index contributed by atoms with van der Waals surface area (Å²) in [5.41, 5.74) is 1.71. The summed E-state index contributed by atoms with van der Waals surface area (Å²) in [7, 11) is 4.50. The number of aryl methyl sites for hydroxylation is 1. The standard InChI is InChI=1S/C21H20O7/c1-12-7-15(27-19(22)11-24-2)10-17-20(12)21(23)18(28-17)9-13-8-14(25-3)5-6-16(13)26-4/h5-10H,11H2,1-4H3/b18-9-. The van der Waals surface area contributed by atoms with Gasteiger partial charge < -0.3 is 23.7 Å². The third-order valence-electron chi connectivity index (χ3n) is 4.16. The van der Waals surface area contributed by atoms with E-state index in [-0.39, 0.29) is 23.9 Å². The van der Waals surface area contributed by atoms with Crippen LogP contribution in [0.2, 0.25) is 0 Å². The van der Waals surface area contributed by atoms with Crippen molar-refractivity contribution in [3.05, 3.63) is 52.8 Å². The summed E-state index contributed by atoms with van der Waals surface area (Å²) >= 11 is 0. The maximum absolute atomic E-state index is 12.8. The first kappa shape index (κ1) is 19.4. The zero-order valence-corrected chi connectivity index (χ0v) is 16.0. The predicted octanol–water partition coefficient (Wildman–Crippen LogP) is 3.18. The molecule has 1 aliphatic heterocycles. The van der Waals surface area contributed by atoms with Crippen molar-refractivity contribution in [1.82, 2.24) is 0 Å². The summed E-state index contributed by atoms with van der Waals surface area (Å²) in [6.07, 6.45) is 1.60. The van der Waals surface area contributed by atoms with Gasteiger partial charge in [0.2, 0.25) is 5.78 Å². The van der Waals surface area contributed by atoms with Crippen LogP contribution in [0, 0.1) is 6.92 Å². The Balaban J connectivity index is 1.94. The van der Waals surface area contributed by atoms with Gasteiger partial charge in [-0.25, -0.2) is 4.79 Å². The Bertz CT molecular complexity index is 959. The molecule has 7 heteroatoms. The number of Topliss-reactive ketones (excluding diaryl/α,β-unsaturated/α-hetero) is 1. The first-order chi connectivity index (χ1) is 13.5. The molecule has 2 aromatic carbocycles. The molecule has 0 saturated carbocycles. The quantitative estimate of drug-likeness (QED) is 0.430. The van der Waals surface area contributed by atoms with Gasteiger partial charge in [0.1, 0.15) is 29.6 Å². The van der Waals surface area contributed by atoms with Crippen LogP contribution < -0.4 is 18.9 Å². The molecule has 0 spiro atoms. The molecular formula is C21H20O7. The van der Waals surface area contributed by atoms with Crippen molar-refractivity contribution in [1.29, 1.82) is 0 Å². The molecular weight excluding hydrogens is 364 g/mol. The minimum Gasteiger partial charge on any atom is -0.497 e. The monoisotopic (exact) mass is 384 g/mol. The van der Waals surface area contributed by atoms with E-state index in [2.05, 4.69) is 0 Å². The number of rotatable bonds is 6. The molecule has 3 rings (SSSR count). The number of hydrogen-bond donors (Lipinski definition) is 0. The van der Waals surface area contributed by atoms with Crippen molar-refractivity contribution in [2.75, 3.05) is 27.9 Å². The Labute approximate surface area is 162 Å². The molecule has 0 saturated heterocycles. The summed E-state index contributed by atoms with van der Waals surface area (Å²) in [5.74, 6) is 1.16. The highest BCUT2D eigenvalue weighted by atomic mass is 16.6. The molecule has 0 atom stereocenters. The van der Waals surface area contributed by atoms with Crippen molar-refractivity contribution in [2.45, 2.75) is 6.92 Å². The third-order valence-corrected chi connectivity index (χ3v) is 4.16. The number of ketones is 1. The summed E-state index contributed by atoms with van der Waals surface area (Å²) in [5, 5.41) is 0. The molecule has 0 amide bonds. The van der Waals surface area contributed by atoms with Gasteiger partial charge in [-0.15, -0.1) is 0 Å². The highest BCUT2D eigenvalue weighted by Gasteiger charge is 2.30. The van der Waals surface area contributed by atoms with Crippen LogP contribution in [0.5, 0.6) is 23.0 Å². The molecule has 146 valence electrons. The van der Waals surface area contributed by atoms with Crippen LogP contribution >= 0.6 is 0 Å². The highest BCUT2D eigenvalue weighted by molar-refractivity contribution is 6.15. The second-order valence-corrected chi connectivity index (χ2v) is 6.07. The topological polar surface area (TPSA) is 80.3 Å². The maximum Gasteiger partial charge on any atom is 0.337 e. The van der Waals surface area contributed by atoms with E-state index in [1.807, 2.05) is 0 Å². The van der Waals surface area contributed by atoms with Gasteiger partial charge in [0.05, 0.1) is 19.8 Å². The van der Waals surface area contributed by atoms with E-state index in [0.29, 0.717) is 33.9 Å². The van der Waals surface area contributed by atoms with E-state index >= 15 is 0 Å². The van der Waals surface area contributed by atoms with Crippen LogP contribution in [-0.4, -0.2) is 39.7 Å². The van der Waals surface area contributed by atoms with Crippen molar-refractivity contribution < 1.29 is 33.3 Å². The lowest BCUT2D eigenvalue weighted by atomic mass is 10.0. The summed E-state index contributed by atoms with van der Waals surface area (Å²) < 4.78 is 26.3. The van der Waals surface area contributed by atoms with E-state index < -0.39 is 5.97 Å². The Kier molecular flexibility index (Phi) is 5.65. The lowest BCUT2D eigenvalue weighted by Gasteiger charge is -2.08. The van der Waals surface area contributed by atoms with Gasteiger partial charge in [-0.1, -0.05) is 0 Å². The number of carbonyl (C=O) groups excluding carboxylic acids is 2. The van der Waals surface area contributed by atoms with Gasteiger partial charge in [0.15, 0.2) is 5.76 Å². The number of allylic oxidation sites excluding steroid dienone is 1. The molecule has 0 bridgehead atoms. The van der Waals surface area contributed by atoms with E-state index in [1.54, 1.807) is 51.5 Å². The van der Waals surface area contributed by atoms with E-state index in [9.17, 15) is 9.59 Å². The zero-order valence-electron chi connectivity index (χ0n) is 16.0. The van der Waals surface area contributed by atoms with Crippen LogP contribution in [0.4, 0.5) is 0 Å². The average Bonchev–Trinajstić information content (AvgIpc) is 2.97. The van der Waals surface area contributed by atoms with Gasteiger partial charge in [-0.3, -0.25) is 4.79 Å². The minimum absolute atomic E-state index is 0.144. The number of benzene rings is 2. The van der Waals surface area contributed by atoms with Gasteiger partial charge in [0.25, 0.3) is 0 Å². The lowest BCUT2D eigenvalue weighted by Crippen LogP contribution is -2.14. The minimum atomic E-state index is -0.539. The smallest absolute Gasteiger partial charge is 0.337 e. The maximum atomic E-state index is 12.8. The van der Waals surface area contributed by atoms with Gasteiger partial charge in [0, 0.05) is 18.7 Å². The van der Waals surface area contributed by atoms with Gasteiger partial charge in [-0.05, 0) is 42.8 Å². The molecule has 1 aliphatic rings. The van der Waals surface area contributed by atoms with Crippen LogP contribution in [0.3, 0.4) is 0 Å². The fourth-order valence-corrected chi connectivity index (χ4v) is 2.91. The Morgan fingerprint density at radius 3 is 2.54 bits per heavy atom. The number of esters is 1. The number of fused-ring (bicyclic) bond motifs is 1. The fraction of sp³-hybridized carbons (Fsp3) is 0.238. The molecule has 28 heavy (non-hydrogen) atoms. The van der Waals surface area contributed by atoms with Crippen molar-refractivity contribution >= 4 is 17.8 Å². The molecule has 7 nitrogen and oxygen atoms in total. The van der Waals surface area contributed by atoms with E-state index in [0.717, 1.165) is 0 Å². The zero-order chi connectivity index (χ0) is 20.3. The Morgan fingerprint density at radius 1 is 1.07 bits per heavy atom. The van der Waals surface area contributed by atoms with Crippen LogP contribution in [0.1, 0.15) is 21.5 Å². The Hall–Kier alpha value is -3.32. The molecule has 0 fully saturated rings. The van der Waals surface area contributed by atoms with E-state index in [1.165, 1.54) is 13.2 Å².